The summed E-state index contributed by atoms with van der Waals surface area (Å²) in [4.78, 5) is 1.22. The maximum atomic E-state index is 6.23. The van der Waals surface area contributed by atoms with Crippen molar-refractivity contribution in [2.24, 2.45) is 0 Å². The molecule has 0 spiro atoms. The number of nitrogens with one attached hydrogen (secondary N) is 1. The van der Waals surface area contributed by atoms with E-state index in [0.717, 1.165) is 22.9 Å². The first-order valence-corrected chi connectivity index (χ1v) is 7.97. The second kappa shape index (κ2) is 6.96. The van der Waals surface area contributed by atoms with Crippen molar-refractivity contribution in [3.63, 3.8) is 0 Å². The number of likely N-dealkylation sites (N-methyl/N-ethyl adjacent to an activating group) is 1. The van der Waals surface area contributed by atoms with E-state index in [4.69, 9.17) is 34.8 Å². The van der Waals surface area contributed by atoms with Crippen molar-refractivity contribution in [2.45, 2.75) is 19.4 Å². The molecule has 0 saturated carbocycles. The average molecular weight is 335 g/mol. The Labute approximate surface area is 132 Å². The first-order chi connectivity index (χ1) is 9.10. The van der Waals surface area contributed by atoms with Gasteiger partial charge in [-0.3, -0.25) is 0 Å². The molecule has 2 rings (SSSR count). The van der Waals surface area contributed by atoms with Crippen LogP contribution >= 0.6 is 46.1 Å². The molecular weight excluding hydrogens is 321 g/mol. The van der Waals surface area contributed by atoms with E-state index in [1.807, 2.05) is 18.2 Å². The van der Waals surface area contributed by atoms with Gasteiger partial charge in [-0.05, 0) is 42.8 Å². The number of benzene rings is 1. The van der Waals surface area contributed by atoms with Crippen molar-refractivity contribution >= 4 is 46.1 Å². The fourth-order valence-electron chi connectivity index (χ4n) is 1.94. The summed E-state index contributed by atoms with van der Waals surface area (Å²) in [5.74, 6) is 0. The molecule has 1 nitrogen and oxygen atoms in total. The van der Waals surface area contributed by atoms with Crippen LogP contribution in [0, 0.1) is 0 Å². The molecule has 1 atom stereocenters. The molecule has 1 heterocycles. The third-order valence-corrected chi connectivity index (χ3v) is 4.76. The molecule has 102 valence electrons. The van der Waals surface area contributed by atoms with Crippen molar-refractivity contribution in [1.29, 1.82) is 0 Å². The summed E-state index contributed by atoms with van der Waals surface area (Å²) in [7, 11) is 0. The normalized spacial score (nSPS) is 12.6. The van der Waals surface area contributed by atoms with Gasteiger partial charge >= 0.3 is 0 Å². The molecule has 19 heavy (non-hydrogen) atoms. The topological polar surface area (TPSA) is 12.0 Å². The minimum atomic E-state index is 0.223. The summed E-state index contributed by atoms with van der Waals surface area (Å²) < 4.78 is 0.806. The monoisotopic (exact) mass is 333 g/mol. The first-order valence-electron chi connectivity index (χ1n) is 6.02. The smallest absolute Gasteiger partial charge is 0.0931 e. The van der Waals surface area contributed by atoms with Crippen LogP contribution in [-0.4, -0.2) is 6.54 Å². The van der Waals surface area contributed by atoms with E-state index in [-0.39, 0.29) is 6.04 Å². The molecule has 0 saturated heterocycles. The van der Waals surface area contributed by atoms with Crippen LogP contribution < -0.4 is 5.32 Å². The predicted molar refractivity (Wildman–Crippen MR) is 85.9 cm³/mol. The number of halogens is 3. The van der Waals surface area contributed by atoms with Gasteiger partial charge in [0.15, 0.2) is 0 Å². The highest BCUT2D eigenvalue weighted by Crippen LogP contribution is 2.31. The molecule has 0 amide bonds. The minimum Gasteiger partial charge on any atom is -0.309 e. The molecule has 1 N–H and O–H groups in total. The van der Waals surface area contributed by atoms with E-state index in [0.29, 0.717) is 10.0 Å². The fraction of sp³-hybridized carbons (Fsp3) is 0.286. The van der Waals surface area contributed by atoms with Crippen LogP contribution in [0.3, 0.4) is 0 Å². The van der Waals surface area contributed by atoms with Gasteiger partial charge in [0.05, 0.1) is 4.34 Å². The largest absolute Gasteiger partial charge is 0.309 e. The van der Waals surface area contributed by atoms with Crippen LogP contribution in [0.4, 0.5) is 0 Å². The second-order valence-corrected chi connectivity index (χ2v) is 6.78. The Morgan fingerprint density at radius 3 is 2.53 bits per heavy atom. The van der Waals surface area contributed by atoms with Gasteiger partial charge in [0.2, 0.25) is 0 Å². The highest BCUT2D eigenvalue weighted by Gasteiger charge is 2.15. The van der Waals surface area contributed by atoms with Gasteiger partial charge in [0, 0.05) is 21.0 Å². The van der Waals surface area contributed by atoms with E-state index in [1.165, 1.54) is 4.88 Å². The highest BCUT2D eigenvalue weighted by atomic mass is 35.5. The third-order valence-electron chi connectivity index (χ3n) is 2.83. The molecule has 0 fully saturated rings. The molecule has 1 aromatic carbocycles. The van der Waals surface area contributed by atoms with Crippen LogP contribution in [0.25, 0.3) is 0 Å². The van der Waals surface area contributed by atoms with Crippen molar-refractivity contribution in [1.82, 2.24) is 5.32 Å². The predicted octanol–water partition coefficient (Wildman–Crippen LogP) is 5.60. The second-order valence-electron chi connectivity index (χ2n) is 4.19. The molecule has 2 aromatic rings. The van der Waals surface area contributed by atoms with Crippen molar-refractivity contribution in [3.8, 4) is 0 Å². The molecule has 0 aliphatic rings. The van der Waals surface area contributed by atoms with Crippen molar-refractivity contribution in [3.05, 3.63) is 55.2 Å². The van der Waals surface area contributed by atoms with E-state index in [2.05, 4.69) is 18.3 Å². The molecule has 0 bridgehead atoms. The van der Waals surface area contributed by atoms with Crippen LogP contribution in [0.2, 0.25) is 14.4 Å². The Morgan fingerprint density at radius 1 is 1.16 bits per heavy atom. The molecule has 1 unspecified atom stereocenters. The lowest BCUT2D eigenvalue weighted by Gasteiger charge is -2.17. The summed E-state index contributed by atoms with van der Waals surface area (Å²) in [6.45, 7) is 2.98. The van der Waals surface area contributed by atoms with Gasteiger partial charge in [-0.2, -0.15) is 0 Å². The van der Waals surface area contributed by atoms with Gasteiger partial charge in [-0.1, -0.05) is 47.8 Å². The molecule has 5 heteroatoms. The lowest BCUT2D eigenvalue weighted by atomic mass is 10.0. The van der Waals surface area contributed by atoms with Crippen LogP contribution in [-0.2, 0) is 6.42 Å². The molecule has 0 radical (unpaired) electrons. The minimum absolute atomic E-state index is 0.223. The van der Waals surface area contributed by atoms with Gasteiger partial charge < -0.3 is 5.32 Å². The maximum absolute atomic E-state index is 6.23. The van der Waals surface area contributed by atoms with E-state index < -0.39 is 0 Å². The number of hydrogen-bond acceptors (Lipinski definition) is 2. The highest BCUT2D eigenvalue weighted by molar-refractivity contribution is 7.16. The number of thiophene rings is 1. The maximum Gasteiger partial charge on any atom is 0.0931 e. The Kier molecular flexibility index (Phi) is 5.55. The zero-order valence-corrected chi connectivity index (χ0v) is 13.5. The Balaban J connectivity index is 2.21. The first kappa shape index (κ1) is 15.1. The van der Waals surface area contributed by atoms with Gasteiger partial charge in [-0.15, -0.1) is 11.3 Å². The van der Waals surface area contributed by atoms with Gasteiger partial charge in [0.1, 0.15) is 0 Å². The zero-order chi connectivity index (χ0) is 13.8. The van der Waals surface area contributed by atoms with E-state index >= 15 is 0 Å². The van der Waals surface area contributed by atoms with Crippen molar-refractivity contribution in [2.75, 3.05) is 6.54 Å². The lowest BCUT2D eigenvalue weighted by molar-refractivity contribution is 0.558. The zero-order valence-electron chi connectivity index (χ0n) is 10.4. The SMILES string of the molecule is CCNC(Cc1ccc(Cl)cc1Cl)c1ccc(Cl)s1. The summed E-state index contributed by atoms with van der Waals surface area (Å²) in [5, 5.41) is 4.83. The Morgan fingerprint density at radius 2 is 1.95 bits per heavy atom. The molecule has 1 aromatic heterocycles. The number of hydrogen-bond donors (Lipinski definition) is 1. The van der Waals surface area contributed by atoms with Crippen molar-refractivity contribution < 1.29 is 0 Å². The lowest BCUT2D eigenvalue weighted by Crippen LogP contribution is -2.22. The van der Waals surface area contributed by atoms with Crippen LogP contribution in [0.15, 0.2) is 30.3 Å². The quantitative estimate of drug-likeness (QED) is 0.750. The molecule has 0 aliphatic carbocycles. The standard InChI is InChI=1S/C14H14Cl3NS/c1-2-18-12(13-5-6-14(17)19-13)7-9-3-4-10(15)8-11(9)16/h3-6,8,12,18H,2,7H2,1H3. The average Bonchev–Trinajstić information content (AvgIpc) is 2.78. The van der Waals surface area contributed by atoms with Gasteiger partial charge in [0.25, 0.3) is 0 Å². The molecule has 0 aliphatic heterocycles. The van der Waals surface area contributed by atoms with Gasteiger partial charge in [-0.25, -0.2) is 0 Å². The van der Waals surface area contributed by atoms with Crippen LogP contribution in [0.5, 0.6) is 0 Å². The Hall–Kier alpha value is -0.250. The fourth-order valence-corrected chi connectivity index (χ4v) is 3.56. The summed E-state index contributed by atoms with van der Waals surface area (Å²) in [5.41, 5.74) is 1.08. The summed E-state index contributed by atoms with van der Waals surface area (Å²) >= 11 is 19.8. The van der Waals surface area contributed by atoms with E-state index in [1.54, 1.807) is 17.4 Å². The van der Waals surface area contributed by atoms with Crippen LogP contribution in [0.1, 0.15) is 23.4 Å². The molecular formula is C14H14Cl3NS. The summed E-state index contributed by atoms with van der Waals surface area (Å²) in [6.07, 6.45) is 0.820. The number of rotatable bonds is 5. The third kappa shape index (κ3) is 4.11. The summed E-state index contributed by atoms with van der Waals surface area (Å²) in [6, 6.07) is 9.83. The Bertz CT molecular complexity index is 553. The van der Waals surface area contributed by atoms with E-state index in [9.17, 15) is 0 Å².